The first-order valence-electron chi connectivity index (χ1n) is 7.61. The van der Waals surface area contributed by atoms with E-state index in [1.807, 2.05) is 24.3 Å². The van der Waals surface area contributed by atoms with Crippen LogP contribution in [0.1, 0.15) is 13.3 Å². The number of hydrogen-bond acceptors (Lipinski definition) is 3. The fourth-order valence-corrected chi connectivity index (χ4v) is 2.75. The Labute approximate surface area is 141 Å². The molecule has 126 valence electrons. The summed E-state index contributed by atoms with van der Waals surface area (Å²) < 4.78 is 0. The lowest BCUT2D eigenvalue weighted by Crippen LogP contribution is -2.46. The molecule has 2 rings (SSSR count). The first-order valence-corrected chi connectivity index (χ1v) is 7.99. The van der Waals surface area contributed by atoms with Crippen molar-refractivity contribution in [2.45, 2.75) is 19.4 Å². The number of carboxylic acids is 1. The zero-order valence-corrected chi connectivity index (χ0v) is 14.1. The molecule has 0 aliphatic carbocycles. The Morgan fingerprint density at radius 2 is 2.09 bits per heavy atom. The number of benzene rings is 1. The van der Waals surface area contributed by atoms with E-state index in [2.05, 4.69) is 10.2 Å². The summed E-state index contributed by atoms with van der Waals surface area (Å²) in [5.41, 5.74) is 1.08. The summed E-state index contributed by atoms with van der Waals surface area (Å²) in [6.45, 7) is 3.37. The third-order valence-electron chi connectivity index (χ3n) is 4.02. The zero-order valence-electron chi connectivity index (χ0n) is 13.3. The number of urea groups is 1. The Bertz CT molecular complexity index is 564. The van der Waals surface area contributed by atoms with Crippen LogP contribution in [0.4, 0.5) is 10.5 Å². The Morgan fingerprint density at radius 3 is 2.70 bits per heavy atom. The summed E-state index contributed by atoms with van der Waals surface area (Å²) in [7, 11) is 1.61. The van der Waals surface area contributed by atoms with E-state index in [1.165, 1.54) is 4.90 Å². The van der Waals surface area contributed by atoms with Crippen molar-refractivity contribution in [3.05, 3.63) is 29.3 Å². The lowest BCUT2D eigenvalue weighted by Gasteiger charge is -2.23. The van der Waals surface area contributed by atoms with E-state index >= 15 is 0 Å². The van der Waals surface area contributed by atoms with Crippen LogP contribution in [0.3, 0.4) is 0 Å². The van der Waals surface area contributed by atoms with Crippen LogP contribution in [0, 0.1) is 5.92 Å². The quantitative estimate of drug-likeness (QED) is 0.863. The van der Waals surface area contributed by atoms with Crippen LogP contribution in [0.25, 0.3) is 0 Å². The first-order chi connectivity index (χ1) is 10.9. The van der Waals surface area contributed by atoms with Gasteiger partial charge in [0.1, 0.15) is 0 Å². The molecule has 1 fully saturated rings. The van der Waals surface area contributed by atoms with Gasteiger partial charge < -0.3 is 20.2 Å². The molecule has 1 saturated heterocycles. The molecule has 2 atom stereocenters. The Morgan fingerprint density at radius 1 is 1.43 bits per heavy atom. The lowest BCUT2D eigenvalue weighted by molar-refractivity contribution is -0.141. The molecular weight excluding hydrogens is 318 g/mol. The van der Waals surface area contributed by atoms with Gasteiger partial charge in [0.2, 0.25) is 0 Å². The Hall–Kier alpha value is -1.95. The van der Waals surface area contributed by atoms with Crippen molar-refractivity contribution in [2.24, 2.45) is 5.92 Å². The maximum Gasteiger partial charge on any atom is 0.317 e. The highest BCUT2D eigenvalue weighted by Crippen LogP contribution is 2.22. The van der Waals surface area contributed by atoms with Gasteiger partial charge in [-0.1, -0.05) is 18.5 Å². The molecule has 0 bridgehead atoms. The van der Waals surface area contributed by atoms with E-state index in [0.717, 1.165) is 25.2 Å². The minimum atomic E-state index is -0.903. The fourth-order valence-electron chi connectivity index (χ4n) is 2.62. The number of carboxylic acid groups (broad SMARTS) is 1. The number of halogens is 1. The van der Waals surface area contributed by atoms with E-state index in [1.54, 1.807) is 14.0 Å². The van der Waals surface area contributed by atoms with Gasteiger partial charge in [-0.25, -0.2) is 4.79 Å². The van der Waals surface area contributed by atoms with Crippen LogP contribution in [0.2, 0.25) is 5.02 Å². The largest absolute Gasteiger partial charge is 0.481 e. The van der Waals surface area contributed by atoms with E-state index in [9.17, 15) is 9.59 Å². The predicted octanol–water partition coefficient (Wildman–Crippen LogP) is 2.28. The molecule has 1 aliphatic heterocycles. The molecule has 2 amide bonds. The van der Waals surface area contributed by atoms with Gasteiger partial charge >= 0.3 is 12.0 Å². The van der Waals surface area contributed by atoms with Gasteiger partial charge in [0, 0.05) is 43.4 Å². The second kappa shape index (κ2) is 7.55. The average Bonchev–Trinajstić information content (AvgIpc) is 2.96. The number of rotatable bonds is 5. The number of carbonyl (C=O) groups is 2. The molecular formula is C16H22ClN3O3. The number of aliphatic carboxylic acids is 1. The van der Waals surface area contributed by atoms with E-state index in [-0.39, 0.29) is 18.6 Å². The summed E-state index contributed by atoms with van der Waals surface area (Å²) in [4.78, 5) is 26.6. The fraction of sp³-hybridized carbons (Fsp3) is 0.500. The molecule has 2 unspecified atom stereocenters. The van der Waals surface area contributed by atoms with Gasteiger partial charge in [0.05, 0.1) is 5.92 Å². The van der Waals surface area contributed by atoms with Crippen molar-refractivity contribution in [1.29, 1.82) is 0 Å². The molecule has 2 N–H and O–H groups in total. The highest BCUT2D eigenvalue weighted by molar-refractivity contribution is 6.30. The molecule has 23 heavy (non-hydrogen) atoms. The highest BCUT2D eigenvalue weighted by Gasteiger charge is 2.26. The van der Waals surface area contributed by atoms with Crippen molar-refractivity contribution < 1.29 is 14.7 Å². The first kappa shape index (κ1) is 17.4. The topological polar surface area (TPSA) is 72.9 Å². The van der Waals surface area contributed by atoms with E-state index < -0.39 is 11.9 Å². The van der Waals surface area contributed by atoms with Gasteiger partial charge in [-0.15, -0.1) is 0 Å². The van der Waals surface area contributed by atoms with Crippen molar-refractivity contribution in [1.82, 2.24) is 10.2 Å². The van der Waals surface area contributed by atoms with Crippen LogP contribution in [-0.4, -0.2) is 54.7 Å². The van der Waals surface area contributed by atoms with Gasteiger partial charge in [0.15, 0.2) is 0 Å². The molecule has 1 aliphatic rings. The van der Waals surface area contributed by atoms with Gasteiger partial charge in [0.25, 0.3) is 0 Å². The molecule has 6 nitrogen and oxygen atoms in total. The molecule has 0 radical (unpaired) electrons. The van der Waals surface area contributed by atoms with Gasteiger partial charge in [-0.2, -0.15) is 0 Å². The standard InChI is InChI=1S/C16H22ClN3O3/c1-11(15(21)22)9-19(2)16(23)18-13-7-8-20(10-13)14-5-3-12(17)4-6-14/h3-6,11,13H,7-10H2,1-2H3,(H,18,23)(H,21,22). The Kier molecular flexibility index (Phi) is 5.71. The molecule has 0 aromatic heterocycles. The summed E-state index contributed by atoms with van der Waals surface area (Å²) in [6, 6.07) is 7.45. The molecule has 1 aromatic carbocycles. The van der Waals surface area contributed by atoms with Crippen LogP contribution >= 0.6 is 11.6 Å². The number of carbonyl (C=O) groups excluding carboxylic acids is 1. The minimum absolute atomic E-state index is 0.0563. The van der Waals surface area contributed by atoms with Crippen molar-refractivity contribution in [3.8, 4) is 0 Å². The zero-order chi connectivity index (χ0) is 17.0. The van der Waals surface area contributed by atoms with Crippen LogP contribution in [0.5, 0.6) is 0 Å². The molecule has 7 heteroatoms. The second-order valence-corrected chi connectivity index (χ2v) is 6.41. The van der Waals surface area contributed by atoms with Crippen LogP contribution in [-0.2, 0) is 4.79 Å². The molecule has 0 spiro atoms. The molecule has 0 saturated carbocycles. The summed E-state index contributed by atoms with van der Waals surface area (Å²) >= 11 is 5.89. The lowest BCUT2D eigenvalue weighted by atomic mass is 10.2. The van der Waals surface area contributed by atoms with Crippen molar-refractivity contribution in [3.63, 3.8) is 0 Å². The number of amides is 2. The van der Waals surface area contributed by atoms with E-state index in [4.69, 9.17) is 16.7 Å². The number of anilines is 1. The number of nitrogens with zero attached hydrogens (tertiary/aromatic N) is 2. The number of nitrogens with one attached hydrogen (secondary N) is 1. The van der Waals surface area contributed by atoms with Crippen LogP contribution in [0.15, 0.2) is 24.3 Å². The van der Waals surface area contributed by atoms with E-state index in [0.29, 0.717) is 5.02 Å². The smallest absolute Gasteiger partial charge is 0.317 e. The van der Waals surface area contributed by atoms with Gasteiger partial charge in [-0.05, 0) is 30.7 Å². The summed E-state index contributed by atoms with van der Waals surface area (Å²) in [5.74, 6) is -1.49. The van der Waals surface area contributed by atoms with Crippen molar-refractivity contribution >= 4 is 29.3 Å². The van der Waals surface area contributed by atoms with Crippen LogP contribution < -0.4 is 10.2 Å². The molecule has 1 heterocycles. The maximum absolute atomic E-state index is 12.1. The second-order valence-electron chi connectivity index (χ2n) is 5.98. The van der Waals surface area contributed by atoms with Gasteiger partial charge in [-0.3, -0.25) is 4.79 Å². The number of hydrogen-bond donors (Lipinski definition) is 2. The predicted molar refractivity (Wildman–Crippen MR) is 90.0 cm³/mol. The molecule has 1 aromatic rings. The average molecular weight is 340 g/mol. The summed E-state index contributed by atoms with van der Waals surface area (Å²) in [5, 5.41) is 12.6. The third-order valence-corrected chi connectivity index (χ3v) is 4.28. The normalized spacial score (nSPS) is 18.6. The monoisotopic (exact) mass is 339 g/mol. The Balaban J connectivity index is 1.84. The SMILES string of the molecule is CC(CN(C)C(=O)NC1CCN(c2ccc(Cl)cc2)C1)C(=O)O. The minimum Gasteiger partial charge on any atom is -0.481 e. The highest BCUT2D eigenvalue weighted by atomic mass is 35.5. The van der Waals surface area contributed by atoms with Crippen molar-refractivity contribution in [2.75, 3.05) is 31.6 Å². The third kappa shape index (κ3) is 4.76. The maximum atomic E-state index is 12.1. The summed E-state index contributed by atoms with van der Waals surface area (Å²) in [6.07, 6.45) is 0.858.